The average molecular weight is 241 g/mol. The van der Waals surface area contributed by atoms with E-state index in [9.17, 15) is 4.79 Å². The molecule has 0 heterocycles. The van der Waals surface area contributed by atoms with Gasteiger partial charge in [0.15, 0.2) is 0 Å². The van der Waals surface area contributed by atoms with Gasteiger partial charge in [0.2, 0.25) is 0 Å². The van der Waals surface area contributed by atoms with Gasteiger partial charge in [-0.1, -0.05) is 30.4 Å². The molecule has 2 aliphatic rings. The van der Waals surface area contributed by atoms with Crippen LogP contribution in [-0.2, 0) is 0 Å². The van der Waals surface area contributed by atoms with Crippen LogP contribution < -0.4 is 10.7 Å². The van der Waals surface area contributed by atoms with Crippen LogP contribution >= 0.6 is 0 Å². The Morgan fingerprint density at radius 1 is 1.28 bits per heavy atom. The number of fused-ring (bicyclic) bond motifs is 1. The summed E-state index contributed by atoms with van der Waals surface area (Å²) in [6.45, 7) is 0. The first-order chi connectivity index (χ1) is 8.83. The SMILES string of the molecule is O=C(N/N=C1/C[C@H]2C=CC[C@H]12)Nc1ccccc1. The van der Waals surface area contributed by atoms with Crippen LogP contribution in [0.1, 0.15) is 12.8 Å². The second-order valence-electron chi connectivity index (χ2n) is 4.67. The highest BCUT2D eigenvalue weighted by Gasteiger charge is 2.37. The largest absolute Gasteiger partial charge is 0.339 e. The monoisotopic (exact) mass is 241 g/mol. The molecule has 0 saturated heterocycles. The summed E-state index contributed by atoms with van der Waals surface area (Å²) in [5, 5.41) is 6.92. The smallest absolute Gasteiger partial charge is 0.307 e. The van der Waals surface area contributed by atoms with E-state index in [-0.39, 0.29) is 6.03 Å². The average Bonchev–Trinajstić information content (AvgIpc) is 2.72. The van der Waals surface area contributed by atoms with Crippen molar-refractivity contribution in [2.24, 2.45) is 16.9 Å². The molecule has 18 heavy (non-hydrogen) atoms. The lowest BCUT2D eigenvalue weighted by molar-refractivity contribution is 0.252. The van der Waals surface area contributed by atoms with Crippen molar-refractivity contribution in [1.29, 1.82) is 0 Å². The second kappa shape index (κ2) is 4.64. The van der Waals surface area contributed by atoms with Gasteiger partial charge in [0.25, 0.3) is 0 Å². The summed E-state index contributed by atoms with van der Waals surface area (Å²) in [6, 6.07) is 9.05. The maximum Gasteiger partial charge on any atom is 0.339 e. The van der Waals surface area contributed by atoms with Gasteiger partial charge in [-0.05, 0) is 30.9 Å². The minimum absolute atomic E-state index is 0.289. The number of allylic oxidation sites excluding steroid dienone is 2. The second-order valence-corrected chi connectivity index (χ2v) is 4.67. The van der Waals surface area contributed by atoms with Crippen LogP contribution in [0.4, 0.5) is 10.5 Å². The number of hydrogen-bond donors (Lipinski definition) is 2. The number of carbonyl (C=O) groups excluding carboxylic acids is 1. The fraction of sp³-hybridized carbons (Fsp3) is 0.286. The highest BCUT2D eigenvalue weighted by atomic mass is 16.2. The maximum absolute atomic E-state index is 11.6. The molecule has 2 atom stereocenters. The Morgan fingerprint density at radius 3 is 2.89 bits per heavy atom. The molecule has 2 amide bonds. The molecule has 92 valence electrons. The molecule has 0 bridgehead atoms. The van der Waals surface area contributed by atoms with Crippen LogP contribution in [-0.4, -0.2) is 11.7 Å². The molecule has 2 N–H and O–H groups in total. The molecule has 0 unspecified atom stereocenters. The predicted octanol–water partition coefficient (Wildman–Crippen LogP) is 2.76. The van der Waals surface area contributed by atoms with Crippen molar-refractivity contribution >= 4 is 17.4 Å². The quantitative estimate of drug-likeness (QED) is 0.607. The number of anilines is 1. The van der Waals surface area contributed by atoms with Crippen molar-refractivity contribution in [3.05, 3.63) is 42.5 Å². The zero-order valence-electron chi connectivity index (χ0n) is 9.97. The van der Waals surface area contributed by atoms with Crippen LogP contribution in [0.3, 0.4) is 0 Å². The minimum atomic E-state index is -0.289. The number of hydrazone groups is 1. The lowest BCUT2D eigenvalue weighted by Crippen LogP contribution is -2.36. The van der Waals surface area contributed by atoms with Gasteiger partial charge in [-0.15, -0.1) is 0 Å². The van der Waals surface area contributed by atoms with Crippen molar-refractivity contribution in [2.75, 3.05) is 5.32 Å². The molecule has 4 heteroatoms. The lowest BCUT2D eigenvalue weighted by atomic mass is 9.74. The van der Waals surface area contributed by atoms with Crippen LogP contribution in [0.25, 0.3) is 0 Å². The summed E-state index contributed by atoms with van der Waals surface area (Å²) in [5.74, 6) is 1.18. The summed E-state index contributed by atoms with van der Waals surface area (Å²) >= 11 is 0. The standard InChI is InChI=1S/C14H15N3O/c18-14(15-11-6-2-1-3-7-11)17-16-13-9-10-5-4-8-12(10)13/h1-7,10,12H,8-9H2,(H2,15,17,18)/b16-13-/t10-,12+/m1/s1. The Balaban J connectivity index is 1.52. The molecule has 0 aliphatic heterocycles. The van der Waals surface area contributed by atoms with Crippen LogP contribution in [0, 0.1) is 11.8 Å². The number of carbonyl (C=O) groups is 1. The number of para-hydroxylation sites is 1. The molecule has 0 aromatic heterocycles. The summed E-state index contributed by atoms with van der Waals surface area (Å²) in [5.41, 5.74) is 4.43. The van der Waals surface area contributed by atoms with Crippen molar-refractivity contribution in [3.63, 3.8) is 0 Å². The molecule has 1 saturated carbocycles. The number of urea groups is 1. The lowest BCUT2D eigenvalue weighted by Gasteiger charge is -2.31. The van der Waals surface area contributed by atoms with Gasteiger partial charge < -0.3 is 5.32 Å². The van der Waals surface area contributed by atoms with Crippen LogP contribution in [0.5, 0.6) is 0 Å². The van der Waals surface area contributed by atoms with Crippen molar-refractivity contribution < 1.29 is 4.79 Å². The highest BCUT2D eigenvalue weighted by Crippen LogP contribution is 2.39. The van der Waals surface area contributed by atoms with Gasteiger partial charge in [-0.25, -0.2) is 10.2 Å². The van der Waals surface area contributed by atoms with Gasteiger partial charge >= 0.3 is 6.03 Å². The number of rotatable bonds is 2. The number of nitrogens with one attached hydrogen (secondary N) is 2. The van der Waals surface area contributed by atoms with Gasteiger partial charge in [0, 0.05) is 17.3 Å². The molecular weight excluding hydrogens is 226 g/mol. The van der Waals surface area contributed by atoms with E-state index in [4.69, 9.17) is 0 Å². The number of amides is 2. The van der Waals surface area contributed by atoms with Crippen LogP contribution in [0.2, 0.25) is 0 Å². The van der Waals surface area contributed by atoms with Crippen molar-refractivity contribution in [3.8, 4) is 0 Å². The van der Waals surface area contributed by atoms with E-state index in [1.165, 1.54) is 0 Å². The third kappa shape index (κ3) is 2.14. The minimum Gasteiger partial charge on any atom is -0.307 e. The first-order valence-corrected chi connectivity index (χ1v) is 6.18. The molecule has 3 rings (SSSR count). The first kappa shape index (κ1) is 11.0. The Kier molecular flexibility index (Phi) is 2.84. The van der Waals surface area contributed by atoms with Gasteiger partial charge in [-0.2, -0.15) is 5.10 Å². The Morgan fingerprint density at radius 2 is 2.11 bits per heavy atom. The molecule has 4 nitrogen and oxygen atoms in total. The molecule has 1 fully saturated rings. The van der Waals surface area contributed by atoms with E-state index in [2.05, 4.69) is 28.0 Å². The van der Waals surface area contributed by atoms with Gasteiger partial charge in [0.05, 0.1) is 0 Å². The maximum atomic E-state index is 11.6. The van der Waals surface area contributed by atoms with Gasteiger partial charge in [-0.3, -0.25) is 0 Å². The van der Waals surface area contributed by atoms with E-state index in [0.29, 0.717) is 11.8 Å². The topological polar surface area (TPSA) is 53.5 Å². The summed E-state index contributed by atoms with van der Waals surface area (Å²) < 4.78 is 0. The van der Waals surface area contributed by atoms with Crippen molar-refractivity contribution in [1.82, 2.24) is 5.43 Å². The molecular formula is C14H15N3O. The van der Waals surface area contributed by atoms with E-state index in [0.717, 1.165) is 24.2 Å². The van der Waals surface area contributed by atoms with E-state index >= 15 is 0 Å². The molecule has 0 radical (unpaired) electrons. The van der Waals surface area contributed by atoms with Gasteiger partial charge in [0.1, 0.15) is 0 Å². The van der Waals surface area contributed by atoms with E-state index < -0.39 is 0 Å². The zero-order valence-corrected chi connectivity index (χ0v) is 9.97. The fourth-order valence-electron chi connectivity index (χ4n) is 2.47. The molecule has 0 spiro atoms. The first-order valence-electron chi connectivity index (χ1n) is 6.18. The zero-order chi connectivity index (χ0) is 12.4. The third-order valence-electron chi connectivity index (χ3n) is 3.50. The molecule has 1 aromatic rings. The number of nitrogens with zero attached hydrogens (tertiary/aromatic N) is 1. The molecule has 2 aliphatic carbocycles. The summed E-state index contributed by atoms with van der Waals surface area (Å²) in [7, 11) is 0. The summed E-state index contributed by atoms with van der Waals surface area (Å²) in [6.07, 6.45) is 6.48. The molecule has 1 aromatic carbocycles. The fourth-order valence-corrected chi connectivity index (χ4v) is 2.47. The Bertz CT molecular complexity index is 507. The van der Waals surface area contributed by atoms with Crippen molar-refractivity contribution in [2.45, 2.75) is 12.8 Å². The van der Waals surface area contributed by atoms with Crippen LogP contribution in [0.15, 0.2) is 47.6 Å². The normalized spacial score (nSPS) is 26.6. The highest BCUT2D eigenvalue weighted by molar-refractivity contribution is 5.96. The predicted molar refractivity (Wildman–Crippen MR) is 71.4 cm³/mol. The summed E-state index contributed by atoms with van der Waals surface area (Å²) in [4.78, 5) is 11.6. The Hall–Kier alpha value is -2.10. The van der Waals surface area contributed by atoms with E-state index in [1.807, 2.05) is 30.3 Å². The number of hydrogen-bond acceptors (Lipinski definition) is 2. The van der Waals surface area contributed by atoms with E-state index in [1.54, 1.807) is 0 Å². The third-order valence-corrected chi connectivity index (χ3v) is 3.50. The Labute approximate surface area is 106 Å². The number of benzene rings is 1.